The highest BCUT2D eigenvalue weighted by atomic mass is 35.5. The quantitative estimate of drug-likeness (QED) is 0.921. The molecule has 1 saturated heterocycles. The number of halogens is 1. The van der Waals surface area contributed by atoms with Gasteiger partial charge < -0.3 is 10.2 Å². The van der Waals surface area contributed by atoms with Crippen molar-refractivity contribution in [3.63, 3.8) is 0 Å². The van der Waals surface area contributed by atoms with Gasteiger partial charge in [0, 0.05) is 25.7 Å². The van der Waals surface area contributed by atoms with Gasteiger partial charge in [0.2, 0.25) is 0 Å². The van der Waals surface area contributed by atoms with E-state index in [4.69, 9.17) is 11.6 Å². The highest BCUT2D eigenvalue weighted by Crippen LogP contribution is 2.21. The van der Waals surface area contributed by atoms with Gasteiger partial charge in [-0.1, -0.05) is 18.5 Å². The van der Waals surface area contributed by atoms with Crippen LogP contribution in [0.25, 0.3) is 0 Å². The van der Waals surface area contributed by atoms with Gasteiger partial charge >= 0.3 is 0 Å². The van der Waals surface area contributed by atoms with Crippen molar-refractivity contribution in [1.82, 2.24) is 20.0 Å². The predicted octanol–water partition coefficient (Wildman–Crippen LogP) is 2.29. The van der Waals surface area contributed by atoms with Gasteiger partial charge in [0.15, 0.2) is 0 Å². The van der Waals surface area contributed by atoms with E-state index < -0.39 is 0 Å². The van der Waals surface area contributed by atoms with Gasteiger partial charge in [-0.25, -0.2) is 0 Å². The fourth-order valence-corrected chi connectivity index (χ4v) is 3.13. The van der Waals surface area contributed by atoms with E-state index in [0.29, 0.717) is 12.0 Å². The normalized spacial score (nSPS) is 24.9. The third-order valence-electron chi connectivity index (χ3n) is 4.09. The van der Waals surface area contributed by atoms with E-state index in [1.165, 1.54) is 13.0 Å². The molecule has 0 amide bonds. The van der Waals surface area contributed by atoms with Gasteiger partial charge in [-0.3, -0.25) is 4.68 Å². The fraction of sp³-hybridized carbons (Fsp3) is 0.786. The van der Waals surface area contributed by atoms with Crippen LogP contribution in [0.2, 0.25) is 5.02 Å². The molecule has 2 rings (SSSR count). The summed E-state index contributed by atoms with van der Waals surface area (Å²) in [5.41, 5.74) is 2.05. The molecule has 5 heteroatoms. The molecule has 4 nitrogen and oxygen atoms in total. The molecule has 2 heterocycles. The van der Waals surface area contributed by atoms with Crippen LogP contribution in [0.3, 0.4) is 0 Å². The SMILES string of the molecule is CCn1nc(C)c(Cl)c1CNC1CCN(C)CC1C. The molecule has 1 aromatic rings. The maximum absolute atomic E-state index is 6.34. The second-order valence-electron chi connectivity index (χ2n) is 5.68. The van der Waals surface area contributed by atoms with E-state index in [1.807, 2.05) is 11.6 Å². The molecule has 0 saturated carbocycles. The first-order valence-corrected chi connectivity index (χ1v) is 7.54. The molecule has 1 aliphatic heterocycles. The Hall–Kier alpha value is -0.580. The topological polar surface area (TPSA) is 33.1 Å². The first-order valence-electron chi connectivity index (χ1n) is 7.16. The average molecular weight is 285 g/mol. The van der Waals surface area contributed by atoms with Crippen molar-refractivity contribution in [1.29, 1.82) is 0 Å². The summed E-state index contributed by atoms with van der Waals surface area (Å²) in [6, 6.07) is 0.577. The van der Waals surface area contributed by atoms with Crippen LogP contribution < -0.4 is 5.32 Å². The van der Waals surface area contributed by atoms with Crippen LogP contribution in [0.15, 0.2) is 0 Å². The summed E-state index contributed by atoms with van der Waals surface area (Å²) >= 11 is 6.34. The van der Waals surface area contributed by atoms with E-state index in [9.17, 15) is 0 Å². The molecule has 0 aliphatic carbocycles. The van der Waals surface area contributed by atoms with E-state index >= 15 is 0 Å². The molecule has 0 spiro atoms. The van der Waals surface area contributed by atoms with E-state index in [1.54, 1.807) is 0 Å². The van der Waals surface area contributed by atoms with Crippen LogP contribution in [-0.4, -0.2) is 40.9 Å². The van der Waals surface area contributed by atoms with E-state index in [2.05, 4.69) is 36.2 Å². The largest absolute Gasteiger partial charge is 0.308 e. The highest BCUT2D eigenvalue weighted by molar-refractivity contribution is 6.31. The Balaban J connectivity index is 1.99. The Kier molecular flexibility index (Phi) is 4.87. The number of nitrogens with one attached hydrogen (secondary N) is 1. The number of likely N-dealkylation sites (tertiary alicyclic amines) is 1. The monoisotopic (exact) mass is 284 g/mol. The fourth-order valence-electron chi connectivity index (χ4n) is 2.92. The Morgan fingerprint density at radius 1 is 1.47 bits per heavy atom. The van der Waals surface area contributed by atoms with Gasteiger partial charge in [0.05, 0.1) is 16.4 Å². The zero-order valence-corrected chi connectivity index (χ0v) is 13.2. The molecule has 1 N–H and O–H groups in total. The van der Waals surface area contributed by atoms with Crippen molar-refractivity contribution in [2.45, 2.75) is 46.3 Å². The lowest BCUT2D eigenvalue weighted by molar-refractivity contribution is 0.173. The first kappa shape index (κ1) is 14.8. The van der Waals surface area contributed by atoms with Crippen LogP contribution in [0.4, 0.5) is 0 Å². The molecule has 108 valence electrons. The summed E-state index contributed by atoms with van der Waals surface area (Å²) in [6.07, 6.45) is 1.20. The number of piperidine rings is 1. The smallest absolute Gasteiger partial charge is 0.0860 e. The lowest BCUT2D eigenvalue weighted by atomic mass is 9.94. The number of hydrogen-bond acceptors (Lipinski definition) is 3. The number of nitrogens with zero attached hydrogens (tertiary/aromatic N) is 3. The lowest BCUT2D eigenvalue weighted by Crippen LogP contribution is -2.46. The second kappa shape index (κ2) is 6.25. The summed E-state index contributed by atoms with van der Waals surface area (Å²) in [4.78, 5) is 2.40. The summed E-state index contributed by atoms with van der Waals surface area (Å²) in [5.74, 6) is 0.677. The third kappa shape index (κ3) is 3.30. The van der Waals surface area contributed by atoms with Gasteiger partial charge in [0.25, 0.3) is 0 Å². The maximum Gasteiger partial charge on any atom is 0.0860 e. The van der Waals surface area contributed by atoms with Crippen molar-refractivity contribution in [2.75, 3.05) is 20.1 Å². The summed E-state index contributed by atoms with van der Waals surface area (Å²) in [7, 11) is 2.19. The van der Waals surface area contributed by atoms with Crippen molar-refractivity contribution in [3.05, 3.63) is 16.4 Å². The van der Waals surface area contributed by atoms with Crippen LogP contribution in [0.1, 0.15) is 31.7 Å². The molecular formula is C14H25ClN4. The minimum absolute atomic E-state index is 0.577. The predicted molar refractivity (Wildman–Crippen MR) is 79.6 cm³/mol. The summed E-state index contributed by atoms with van der Waals surface area (Å²) < 4.78 is 2.00. The maximum atomic E-state index is 6.34. The van der Waals surface area contributed by atoms with Gasteiger partial charge in [0.1, 0.15) is 0 Å². The molecule has 0 bridgehead atoms. The second-order valence-corrected chi connectivity index (χ2v) is 6.06. The molecule has 2 atom stereocenters. The Labute approximate surface area is 121 Å². The molecule has 2 unspecified atom stereocenters. The third-order valence-corrected chi connectivity index (χ3v) is 4.58. The van der Waals surface area contributed by atoms with E-state index in [-0.39, 0.29) is 0 Å². The zero-order valence-electron chi connectivity index (χ0n) is 12.4. The summed E-state index contributed by atoms with van der Waals surface area (Å²) in [6.45, 7) is 10.4. The molecule has 1 aromatic heterocycles. The lowest BCUT2D eigenvalue weighted by Gasteiger charge is -2.35. The van der Waals surface area contributed by atoms with Crippen LogP contribution in [0, 0.1) is 12.8 Å². The van der Waals surface area contributed by atoms with Crippen LogP contribution in [0.5, 0.6) is 0 Å². The standard InChI is InChI=1S/C14H25ClN4/c1-5-19-13(14(15)11(3)17-19)8-16-12-6-7-18(4)9-10(12)2/h10,12,16H,5-9H2,1-4H3. The number of hydrogen-bond donors (Lipinski definition) is 1. The molecule has 1 aliphatic rings. The molecule has 19 heavy (non-hydrogen) atoms. The molecular weight excluding hydrogens is 260 g/mol. The minimum atomic E-state index is 0.577. The van der Waals surface area contributed by atoms with Crippen LogP contribution >= 0.6 is 11.6 Å². The number of aromatic nitrogens is 2. The van der Waals surface area contributed by atoms with Gasteiger partial charge in [-0.05, 0) is 39.8 Å². The van der Waals surface area contributed by atoms with Gasteiger partial charge in [-0.15, -0.1) is 0 Å². The van der Waals surface area contributed by atoms with Crippen molar-refractivity contribution in [3.8, 4) is 0 Å². The molecule has 0 aromatic carbocycles. The first-order chi connectivity index (χ1) is 9.02. The van der Waals surface area contributed by atoms with Gasteiger partial charge in [-0.2, -0.15) is 5.10 Å². The zero-order chi connectivity index (χ0) is 14.0. The Morgan fingerprint density at radius 3 is 2.84 bits per heavy atom. The molecule has 0 radical (unpaired) electrons. The van der Waals surface area contributed by atoms with Crippen molar-refractivity contribution < 1.29 is 0 Å². The van der Waals surface area contributed by atoms with Crippen LogP contribution in [-0.2, 0) is 13.1 Å². The molecule has 1 fully saturated rings. The summed E-state index contributed by atoms with van der Waals surface area (Å²) in [5, 5.41) is 8.94. The van der Waals surface area contributed by atoms with E-state index in [0.717, 1.165) is 36.0 Å². The number of aryl methyl sites for hydroxylation is 2. The Bertz CT molecular complexity index is 429. The average Bonchev–Trinajstić information content (AvgIpc) is 2.65. The Morgan fingerprint density at radius 2 is 2.21 bits per heavy atom. The van der Waals surface area contributed by atoms with Crippen molar-refractivity contribution in [2.24, 2.45) is 5.92 Å². The highest BCUT2D eigenvalue weighted by Gasteiger charge is 2.24. The van der Waals surface area contributed by atoms with Crippen molar-refractivity contribution >= 4 is 11.6 Å². The number of rotatable bonds is 4. The minimum Gasteiger partial charge on any atom is -0.308 e.